The third-order valence-corrected chi connectivity index (χ3v) is 3.90. The average molecular weight is 323 g/mol. The molecule has 108 valence electrons. The van der Waals surface area contributed by atoms with Gasteiger partial charge in [0.05, 0.1) is 0 Å². The number of nitrogens with one attached hydrogen (secondary N) is 1. The molecule has 0 atom stereocenters. The average Bonchev–Trinajstić information content (AvgIpc) is 2.30. The van der Waals surface area contributed by atoms with Crippen molar-refractivity contribution in [2.24, 2.45) is 0 Å². The summed E-state index contributed by atoms with van der Waals surface area (Å²) in [5, 5.41) is 5.38. The van der Waals surface area contributed by atoms with Gasteiger partial charge >= 0.3 is 0 Å². The van der Waals surface area contributed by atoms with E-state index in [0.29, 0.717) is 21.1 Å². The second-order valence-corrected chi connectivity index (χ2v) is 6.37. The fraction of sp³-hybridized carbons (Fsp3) is 0.600. The summed E-state index contributed by atoms with van der Waals surface area (Å²) in [6.07, 6.45) is 5.70. The van der Waals surface area contributed by atoms with Crippen LogP contribution in [-0.2, 0) is 6.42 Å². The third kappa shape index (κ3) is 6.85. The van der Waals surface area contributed by atoms with Gasteiger partial charge < -0.3 is 5.32 Å². The first-order valence-corrected chi connectivity index (χ1v) is 8.01. The molecule has 0 aromatic heterocycles. The van der Waals surface area contributed by atoms with E-state index < -0.39 is 0 Å². The molecule has 0 bridgehead atoms. The summed E-state index contributed by atoms with van der Waals surface area (Å²) < 4.78 is 0. The molecular weight excluding hydrogens is 301 g/mol. The minimum Gasteiger partial charge on any atom is -0.315 e. The first kappa shape index (κ1) is 17.1. The van der Waals surface area contributed by atoms with Gasteiger partial charge in [-0.1, -0.05) is 61.5 Å². The molecule has 1 rings (SSSR count). The predicted molar refractivity (Wildman–Crippen MR) is 86.8 cm³/mol. The summed E-state index contributed by atoms with van der Waals surface area (Å²) in [4.78, 5) is 0. The molecule has 1 aromatic carbocycles. The molecular formula is C15H22Cl3N. The topological polar surface area (TPSA) is 12.0 Å². The quantitative estimate of drug-likeness (QED) is 0.601. The predicted octanol–water partition coefficient (Wildman–Crippen LogP) is 5.75. The van der Waals surface area contributed by atoms with Gasteiger partial charge in [-0.2, -0.15) is 0 Å². The minimum absolute atomic E-state index is 0.576. The van der Waals surface area contributed by atoms with Gasteiger partial charge in [0.2, 0.25) is 0 Å². The number of rotatable bonds is 8. The van der Waals surface area contributed by atoms with Crippen LogP contribution < -0.4 is 5.32 Å². The van der Waals surface area contributed by atoms with Crippen molar-refractivity contribution >= 4 is 34.8 Å². The highest BCUT2D eigenvalue weighted by Gasteiger charge is 2.07. The first-order chi connectivity index (χ1) is 9.00. The minimum atomic E-state index is 0.576. The molecule has 0 amide bonds. The van der Waals surface area contributed by atoms with Crippen molar-refractivity contribution in [2.45, 2.75) is 52.0 Å². The maximum absolute atomic E-state index is 6.15. The molecule has 1 nitrogen and oxygen atoms in total. The molecule has 0 saturated carbocycles. The van der Waals surface area contributed by atoms with Gasteiger partial charge in [0, 0.05) is 21.1 Å². The van der Waals surface area contributed by atoms with Crippen molar-refractivity contribution in [2.75, 3.05) is 6.54 Å². The molecule has 0 unspecified atom stereocenters. The molecule has 0 aliphatic carbocycles. The third-order valence-electron chi connectivity index (χ3n) is 3.01. The van der Waals surface area contributed by atoms with E-state index >= 15 is 0 Å². The van der Waals surface area contributed by atoms with E-state index in [9.17, 15) is 0 Å². The van der Waals surface area contributed by atoms with Crippen LogP contribution in [0, 0.1) is 0 Å². The number of halogens is 3. The monoisotopic (exact) mass is 321 g/mol. The van der Waals surface area contributed by atoms with Gasteiger partial charge in [0.1, 0.15) is 0 Å². The van der Waals surface area contributed by atoms with Gasteiger partial charge in [-0.05, 0) is 43.5 Å². The van der Waals surface area contributed by atoms with Crippen molar-refractivity contribution < 1.29 is 0 Å². The highest BCUT2D eigenvalue weighted by atomic mass is 35.5. The first-order valence-electron chi connectivity index (χ1n) is 6.87. The molecule has 1 N–H and O–H groups in total. The Balaban J connectivity index is 2.23. The number of benzene rings is 1. The zero-order valence-corrected chi connectivity index (χ0v) is 13.9. The maximum Gasteiger partial charge on any atom is 0.0467 e. The Hall–Kier alpha value is 0.0500. The summed E-state index contributed by atoms with van der Waals surface area (Å²) in [6.45, 7) is 5.44. The second-order valence-electron chi connectivity index (χ2n) is 5.12. The van der Waals surface area contributed by atoms with E-state index in [2.05, 4.69) is 19.2 Å². The second kappa shape index (κ2) is 9.07. The van der Waals surface area contributed by atoms with Crippen LogP contribution in [0.3, 0.4) is 0 Å². The van der Waals surface area contributed by atoms with Crippen molar-refractivity contribution in [3.8, 4) is 0 Å². The zero-order chi connectivity index (χ0) is 14.3. The van der Waals surface area contributed by atoms with Gasteiger partial charge in [-0.25, -0.2) is 0 Å². The van der Waals surface area contributed by atoms with Gasteiger partial charge in [-0.3, -0.25) is 0 Å². The van der Waals surface area contributed by atoms with E-state index in [1.165, 1.54) is 19.3 Å². The lowest BCUT2D eigenvalue weighted by Gasteiger charge is -2.09. The number of unbranched alkanes of at least 4 members (excludes halogenated alkanes) is 3. The summed E-state index contributed by atoms with van der Waals surface area (Å²) in [5.74, 6) is 0. The maximum atomic E-state index is 6.15. The van der Waals surface area contributed by atoms with Gasteiger partial charge in [-0.15, -0.1) is 0 Å². The smallest absolute Gasteiger partial charge is 0.0467 e. The highest BCUT2D eigenvalue weighted by molar-refractivity contribution is 6.39. The Morgan fingerprint density at radius 3 is 2.11 bits per heavy atom. The van der Waals surface area contributed by atoms with Crippen molar-refractivity contribution in [1.82, 2.24) is 5.32 Å². The van der Waals surface area contributed by atoms with E-state index in [1.54, 1.807) is 12.1 Å². The zero-order valence-electron chi connectivity index (χ0n) is 11.6. The molecule has 19 heavy (non-hydrogen) atoms. The largest absolute Gasteiger partial charge is 0.315 e. The van der Waals surface area contributed by atoms with Crippen LogP contribution in [0.25, 0.3) is 0 Å². The van der Waals surface area contributed by atoms with E-state index in [4.69, 9.17) is 34.8 Å². The van der Waals surface area contributed by atoms with Crippen LogP contribution in [0.1, 0.15) is 45.1 Å². The highest BCUT2D eigenvalue weighted by Crippen LogP contribution is 2.30. The lowest BCUT2D eigenvalue weighted by atomic mass is 10.1. The molecule has 0 aliphatic rings. The molecule has 0 fully saturated rings. The molecule has 0 spiro atoms. The summed E-state index contributed by atoms with van der Waals surface area (Å²) in [6, 6.07) is 4.10. The summed E-state index contributed by atoms with van der Waals surface area (Å²) in [5.41, 5.74) is 1.02. The van der Waals surface area contributed by atoms with Crippen LogP contribution in [0.4, 0.5) is 0 Å². The van der Waals surface area contributed by atoms with Crippen molar-refractivity contribution in [3.63, 3.8) is 0 Å². The summed E-state index contributed by atoms with van der Waals surface area (Å²) in [7, 11) is 0. The van der Waals surface area contributed by atoms with E-state index in [1.807, 2.05) is 0 Å². The van der Waals surface area contributed by atoms with Crippen LogP contribution in [0.15, 0.2) is 12.1 Å². The molecule has 4 heteroatoms. The van der Waals surface area contributed by atoms with Gasteiger partial charge in [0.25, 0.3) is 0 Å². The lowest BCUT2D eigenvalue weighted by Crippen LogP contribution is -2.23. The molecule has 0 aliphatic heterocycles. The fourth-order valence-corrected chi connectivity index (χ4v) is 2.99. The summed E-state index contributed by atoms with van der Waals surface area (Å²) >= 11 is 18.2. The Bertz CT molecular complexity index is 368. The normalized spacial score (nSPS) is 11.3. The molecule has 1 aromatic rings. The molecule has 0 heterocycles. The molecule has 0 saturated heterocycles. The lowest BCUT2D eigenvalue weighted by molar-refractivity contribution is 0.542. The van der Waals surface area contributed by atoms with Crippen molar-refractivity contribution in [1.29, 1.82) is 0 Å². The number of hydrogen-bond donors (Lipinski definition) is 1. The van der Waals surface area contributed by atoms with E-state index in [-0.39, 0.29) is 0 Å². The SMILES string of the molecule is CC(C)NCCCCCCc1c(Cl)cc(Cl)cc1Cl. The Morgan fingerprint density at radius 2 is 1.53 bits per heavy atom. The van der Waals surface area contributed by atoms with Crippen LogP contribution in [0.2, 0.25) is 15.1 Å². The van der Waals surface area contributed by atoms with Crippen LogP contribution in [0.5, 0.6) is 0 Å². The molecule has 0 radical (unpaired) electrons. The Kier molecular flexibility index (Phi) is 8.17. The number of hydrogen-bond acceptors (Lipinski definition) is 1. The van der Waals surface area contributed by atoms with Crippen molar-refractivity contribution in [3.05, 3.63) is 32.8 Å². The van der Waals surface area contributed by atoms with Gasteiger partial charge in [0.15, 0.2) is 0 Å². The fourth-order valence-electron chi connectivity index (χ4n) is 1.98. The van der Waals surface area contributed by atoms with Crippen LogP contribution >= 0.6 is 34.8 Å². The Labute approximate surface area is 131 Å². The van der Waals surface area contributed by atoms with Crippen LogP contribution in [-0.4, -0.2) is 12.6 Å². The standard InChI is InChI=1S/C15H22Cl3N/c1-11(2)19-8-6-4-3-5-7-13-14(17)9-12(16)10-15(13)18/h9-11,19H,3-8H2,1-2H3. The van der Waals surface area contributed by atoms with E-state index in [0.717, 1.165) is 24.9 Å². The Morgan fingerprint density at radius 1 is 0.947 bits per heavy atom.